The standard InChI is InChI=1S/C21H34N4O2/c1-22-21(23-9-5-16-6-10-24(2)11-7-16)25-12-8-17-13-19(26-3)20(27-4)14-18(17)15-25/h13-14,16H,5-12,15H2,1-4H3,(H,22,23). The zero-order valence-electron chi connectivity index (χ0n) is 17.3. The molecule has 150 valence electrons. The van der Waals surface area contributed by atoms with Gasteiger partial charge in [0.1, 0.15) is 0 Å². The summed E-state index contributed by atoms with van der Waals surface area (Å²) in [5.41, 5.74) is 2.63. The molecule has 3 rings (SSSR count). The van der Waals surface area contributed by atoms with Gasteiger partial charge in [-0.3, -0.25) is 4.99 Å². The average Bonchev–Trinajstić information content (AvgIpc) is 2.71. The zero-order valence-corrected chi connectivity index (χ0v) is 17.3. The zero-order chi connectivity index (χ0) is 19.2. The van der Waals surface area contributed by atoms with Gasteiger partial charge in [0.15, 0.2) is 17.5 Å². The summed E-state index contributed by atoms with van der Waals surface area (Å²) >= 11 is 0. The van der Waals surface area contributed by atoms with E-state index in [1.165, 1.54) is 43.5 Å². The second-order valence-corrected chi connectivity index (χ2v) is 7.66. The van der Waals surface area contributed by atoms with Gasteiger partial charge in [-0.1, -0.05) is 0 Å². The first-order valence-electron chi connectivity index (χ1n) is 10.0. The molecule has 1 saturated heterocycles. The summed E-state index contributed by atoms with van der Waals surface area (Å²) in [5, 5.41) is 3.59. The Morgan fingerprint density at radius 3 is 2.41 bits per heavy atom. The molecule has 2 aliphatic heterocycles. The van der Waals surface area contributed by atoms with Crippen LogP contribution < -0.4 is 14.8 Å². The highest BCUT2D eigenvalue weighted by Crippen LogP contribution is 2.33. The third-order valence-corrected chi connectivity index (χ3v) is 5.90. The van der Waals surface area contributed by atoms with Crippen LogP contribution in [0.5, 0.6) is 11.5 Å². The van der Waals surface area contributed by atoms with Gasteiger partial charge < -0.3 is 24.6 Å². The number of rotatable bonds is 5. The summed E-state index contributed by atoms with van der Waals surface area (Å²) in [6.45, 7) is 5.28. The molecule has 6 nitrogen and oxygen atoms in total. The maximum atomic E-state index is 5.47. The van der Waals surface area contributed by atoms with E-state index in [-0.39, 0.29) is 0 Å². The van der Waals surface area contributed by atoms with E-state index in [4.69, 9.17) is 9.47 Å². The van der Waals surface area contributed by atoms with Crippen molar-refractivity contribution in [3.63, 3.8) is 0 Å². The molecule has 2 heterocycles. The molecule has 0 unspecified atom stereocenters. The molecule has 1 N–H and O–H groups in total. The number of ether oxygens (including phenoxy) is 2. The van der Waals surface area contributed by atoms with Crippen molar-refractivity contribution < 1.29 is 9.47 Å². The molecule has 2 aliphatic rings. The fourth-order valence-corrected chi connectivity index (χ4v) is 4.14. The van der Waals surface area contributed by atoms with Gasteiger partial charge in [-0.05, 0) is 75.0 Å². The lowest BCUT2D eigenvalue weighted by atomic mass is 9.94. The fourth-order valence-electron chi connectivity index (χ4n) is 4.14. The summed E-state index contributed by atoms with van der Waals surface area (Å²) in [5.74, 6) is 3.45. The smallest absolute Gasteiger partial charge is 0.193 e. The van der Waals surface area contributed by atoms with E-state index in [9.17, 15) is 0 Å². The summed E-state index contributed by atoms with van der Waals surface area (Å²) in [6.07, 6.45) is 4.85. The van der Waals surface area contributed by atoms with E-state index in [1.807, 2.05) is 7.05 Å². The van der Waals surface area contributed by atoms with Gasteiger partial charge in [-0.25, -0.2) is 0 Å². The van der Waals surface area contributed by atoms with E-state index in [1.54, 1.807) is 14.2 Å². The lowest BCUT2D eigenvalue weighted by Crippen LogP contribution is -2.44. The molecule has 0 aliphatic carbocycles. The number of methoxy groups -OCH3 is 2. The molecular formula is C21H34N4O2. The second kappa shape index (κ2) is 9.31. The number of guanidine groups is 1. The van der Waals surface area contributed by atoms with Crippen LogP contribution in [0, 0.1) is 5.92 Å². The maximum absolute atomic E-state index is 5.47. The minimum Gasteiger partial charge on any atom is -0.493 e. The highest BCUT2D eigenvalue weighted by Gasteiger charge is 2.22. The molecule has 0 atom stereocenters. The van der Waals surface area contributed by atoms with Crippen LogP contribution in [0.1, 0.15) is 30.4 Å². The van der Waals surface area contributed by atoms with Crippen LogP contribution in [0.25, 0.3) is 0 Å². The number of hydrogen-bond acceptors (Lipinski definition) is 4. The Morgan fingerprint density at radius 1 is 1.11 bits per heavy atom. The molecule has 0 bridgehead atoms. The third-order valence-electron chi connectivity index (χ3n) is 5.90. The van der Waals surface area contributed by atoms with Gasteiger partial charge in [0.05, 0.1) is 14.2 Å². The summed E-state index contributed by atoms with van der Waals surface area (Å²) in [4.78, 5) is 9.29. The average molecular weight is 375 g/mol. The predicted molar refractivity (Wildman–Crippen MR) is 110 cm³/mol. The lowest BCUT2D eigenvalue weighted by molar-refractivity contribution is 0.212. The number of nitrogens with zero attached hydrogens (tertiary/aromatic N) is 3. The molecule has 1 fully saturated rings. The van der Waals surface area contributed by atoms with Crippen molar-refractivity contribution in [1.82, 2.24) is 15.1 Å². The summed E-state index contributed by atoms with van der Waals surface area (Å²) in [6, 6.07) is 4.22. The van der Waals surface area contributed by atoms with Crippen LogP contribution in [0.2, 0.25) is 0 Å². The van der Waals surface area contributed by atoms with Crippen molar-refractivity contribution in [2.24, 2.45) is 10.9 Å². The summed E-state index contributed by atoms with van der Waals surface area (Å²) in [7, 11) is 7.47. The molecule has 6 heteroatoms. The van der Waals surface area contributed by atoms with E-state index in [2.05, 4.69) is 39.3 Å². The SMILES string of the molecule is CN=C(NCCC1CCN(C)CC1)N1CCc2cc(OC)c(OC)cc2C1. The van der Waals surface area contributed by atoms with Crippen molar-refractivity contribution in [3.05, 3.63) is 23.3 Å². The van der Waals surface area contributed by atoms with Crippen molar-refractivity contribution in [2.75, 3.05) is 54.5 Å². The highest BCUT2D eigenvalue weighted by atomic mass is 16.5. The minimum absolute atomic E-state index is 0.795. The van der Waals surface area contributed by atoms with Crippen LogP contribution >= 0.6 is 0 Å². The summed E-state index contributed by atoms with van der Waals surface area (Å²) < 4.78 is 10.9. The molecule has 0 radical (unpaired) electrons. The van der Waals surface area contributed by atoms with Crippen molar-refractivity contribution >= 4 is 5.96 Å². The molecule has 0 spiro atoms. The first kappa shape index (κ1) is 19.8. The molecule has 27 heavy (non-hydrogen) atoms. The van der Waals surface area contributed by atoms with Gasteiger partial charge in [-0.15, -0.1) is 0 Å². The molecule has 1 aromatic rings. The highest BCUT2D eigenvalue weighted by molar-refractivity contribution is 5.80. The van der Waals surface area contributed by atoms with Gasteiger partial charge in [0, 0.05) is 26.7 Å². The monoisotopic (exact) mass is 374 g/mol. The molecule has 0 amide bonds. The fraction of sp³-hybridized carbons (Fsp3) is 0.667. The topological polar surface area (TPSA) is 49.3 Å². The third kappa shape index (κ3) is 4.86. The Morgan fingerprint density at radius 2 is 1.78 bits per heavy atom. The van der Waals surface area contributed by atoms with Crippen LogP contribution in [-0.4, -0.2) is 70.3 Å². The number of hydrogen-bond donors (Lipinski definition) is 1. The number of benzene rings is 1. The first-order chi connectivity index (χ1) is 13.1. The number of nitrogens with one attached hydrogen (secondary N) is 1. The largest absolute Gasteiger partial charge is 0.493 e. The van der Waals surface area contributed by atoms with E-state index >= 15 is 0 Å². The lowest BCUT2D eigenvalue weighted by Gasteiger charge is -2.33. The van der Waals surface area contributed by atoms with Gasteiger partial charge in [0.25, 0.3) is 0 Å². The second-order valence-electron chi connectivity index (χ2n) is 7.66. The number of likely N-dealkylation sites (tertiary alicyclic amines) is 1. The molecule has 0 saturated carbocycles. The quantitative estimate of drug-likeness (QED) is 0.633. The Bertz CT molecular complexity index is 654. The van der Waals surface area contributed by atoms with E-state index < -0.39 is 0 Å². The first-order valence-corrected chi connectivity index (χ1v) is 10.0. The Balaban J connectivity index is 1.56. The van der Waals surface area contributed by atoms with Gasteiger partial charge in [0.2, 0.25) is 0 Å². The van der Waals surface area contributed by atoms with Crippen molar-refractivity contribution in [1.29, 1.82) is 0 Å². The number of aliphatic imine (C=N–C) groups is 1. The molecule has 0 aromatic heterocycles. The number of piperidine rings is 1. The van der Waals surface area contributed by atoms with Crippen molar-refractivity contribution in [2.45, 2.75) is 32.2 Å². The normalized spacial score (nSPS) is 19.0. The maximum Gasteiger partial charge on any atom is 0.193 e. The molecular weight excluding hydrogens is 340 g/mol. The van der Waals surface area contributed by atoms with Crippen LogP contribution in [0.3, 0.4) is 0 Å². The van der Waals surface area contributed by atoms with Gasteiger partial charge >= 0.3 is 0 Å². The molecule has 1 aromatic carbocycles. The van der Waals surface area contributed by atoms with E-state index in [0.717, 1.165) is 49.4 Å². The van der Waals surface area contributed by atoms with Crippen LogP contribution in [-0.2, 0) is 13.0 Å². The number of fused-ring (bicyclic) bond motifs is 1. The van der Waals surface area contributed by atoms with Crippen molar-refractivity contribution in [3.8, 4) is 11.5 Å². The van der Waals surface area contributed by atoms with Gasteiger partial charge in [-0.2, -0.15) is 0 Å². The van der Waals surface area contributed by atoms with E-state index in [0.29, 0.717) is 0 Å². The Labute approximate surface area is 163 Å². The van der Waals surface area contributed by atoms with Crippen LogP contribution in [0.4, 0.5) is 0 Å². The Kier molecular flexibility index (Phi) is 6.83. The predicted octanol–water partition coefficient (Wildman–Crippen LogP) is 2.37. The Hall–Kier alpha value is -1.95. The minimum atomic E-state index is 0.795. The van der Waals surface area contributed by atoms with Crippen LogP contribution in [0.15, 0.2) is 17.1 Å².